The lowest BCUT2D eigenvalue weighted by atomic mass is 10.2. The highest BCUT2D eigenvalue weighted by Gasteiger charge is 2.36. The number of benzene rings is 1. The van der Waals surface area contributed by atoms with Crippen LogP contribution in [0, 0.1) is 0 Å². The second kappa shape index (κ2) is 8.21. The quantitative estimate of drug-likeness (QED) is 0.692. The Labute approximate surface area is 171 Å². The number of alkyl halides is 3. The van der Waals surface area contributed by atoms with Gasteiger partial charge in [-0.15, -0.1) is 0 Å². The molecule has 0 amide bonds. The zero-order valence-corrected chi connectivity index (χ0v) is 17.4. The summed E-state index contributed by atoms with van der Waals surface area (Å²) in [4.78, 5) is 5.81. The van der Waals surface area contributed by atoms with E-state index in [2.05, 4.69) is 10.1 Å². The lowest BCUT2D eigenvalue weighted by Gasteiger charge is -2.33. The summed E-state index contributed by atoms with van der Waals surface area (Å²) in [6.07, 6.45) is -4.74. The second-order valence-electron chi connectivity index (χ2n) is 7.02. The standard InChI is InChI=1S/C17H20ClF3N4O3S/c1-11(2)16-22-15(28-23-16)10-24-5-7-25(8-6-24)29(26,27)12-3-4-14(18)13(9-12)17(19,20)21/h3-4,9,11H,5-8,10H2,1-2H3. The summed E-state index contributed by atoms with van der Waals surface area (Å²) in [7, 11) is -4.07. The Morgan fingerprint density at radius 2 is 1.86 bits per heavy atom. The molecule has 12 heteroatoms. The Hall–Kier alpha value is -1.69. The minimum absolute atomic E-state index is 0.135. The van der Waals surface area contributed by atoms with Gasteiger partial charge in [0.2, 0.25) is 15.9 Å². The number of sulfonamides is 1. The number of aromatic nitrogens is 2. The summed E-state index contributed by atoms with van der Waals surface area (Å²) in [5.41, 5.74) is -1.17. The van der Waals surface area contributed by atoms with Gasteiger partial charge in [-0.05, 0) is 18.2 Å². The van der Waals surface area contributed by atoms with Crippen molar-refractivity contribution in [2.75, 3.05) is 26.2 Å². The van der Waals surface area contributed by atoms with Gasteiger partial charge >= 0.3 is 6.18 Å². The number of hydrogen-bond acceptors (Lipinski definition) is 6. The molecule has 0 atom stereocenters. The third-order valence-electron chi connectivity index (χ3n) is 4.57. The third kappa shape index (κ3) is 4.90. The van der Waals surface area contributed by atoms with E-state index in [-0.39, 0.29) is 19.0 Å². The first-order valence-corrected chi connectivity index (χ1v) is 10.7. The maximum atomic E-state index is 13.0. The maximum Gasteiger partial charge on any atom is 0.417 e. The monoisotopic (exact) mass is 452 g/mol. The van der Waals surface area contributed by atoms with Gasteiger partial charge in [-0.2, -0.15) is 22.5 Å². The van der Waals surface area contributed by atoms with Crippen molar-refractivity contribution in [3.63, 3.8) is 0 Å². The van der Waals surface area contributed by atoms with Crippen LogP contribution < -0.4 is 0 Å². The lowest BCUT2D eigenvalue weighted by Crippen LogP contribution is -2.48. The molecule has 0 aliphatic carbocycles. The van der Waals surface area contributed by atoms with Crippen LogP contribution in [0.15, 0.2) is 27.6 Å². The molecule has 1 saturated heterocycles. The SMILES string of the molecule is CC(C)c1noc(CN2CCN(S(=O)(=O)c3ccc(Cl)c(C(F)(F)F)c3)CC2)n1. The van der Waals surface area contributed by atoms with E-state index in [1.54, 1.807) is 0 Å². The maximum absolute atomic E-state index is 13.0. The van der Waals surface area contributed by atoms with Crippen molar-refractivity contribution in [3.8, 4) is 0 Å². The van der Waals surface area contributed by atoms with Crippen molar-refractivity contribution in [3.05, 3.63) is 40.5 Å². The van der Waals surface area contributed by atoms with Crippen LogP contribution >= 0.6 is 11.6 Å². The fourth-order valence-electron chi connectivity index (χ4n) is 2.92. The Bertz CT molecular complexity index is 971. The van der Waals surface area contributed by atoms with Crippen LogP contribution in [0.25, 0.3) is 0 Å². The molecule has 0 N–H and O–H groups in total. The van der Waals surface area contributed by atoms with Gasteiger partial charge in [-0.1, -0.05) is 30.6 Å². The molecule has 1 aliphatic rings. The van der Waals surface area contributed by atoms with Crippen molar-refractivity contribution in [2.45, 2.75) is 37.4 Å². The summed E-state index contributed by atoms with van der Waals surface area (Å²) >= 11 is 5.58. The van der Waals surface area contributed by atoms with Gasteiger partial charge in [0, 0.05) is 32.1 Å². The molecule has 2 aromatic rings. The van der Waals surface area contributed by atoms with Gasteiger partial charge in [0.1, 0.15) is 0 Å². The van der Waals surface area contributed by atoms with Crippen LogP contribution in [0.2, 0.25) is 5.02 Å². The van der Waals surface area contributed by atoms with Crippen LogP contribution in [0.5, 0.6) is 0 Å². The van der Waals surface area contributed by atoms with Crippen molar-refractivity contribution >= 4 is 21.6 Å². The summed E-state index contributed by atoms with van der Waals surface area (Å²) in [5, 5.41) is 3.35. The van der Waals surface area contributed by atoms with Gasteiger partial charge in [0.25, 0.3) is 0 Å². The van der Waals surface area contributed by atoms with E-state index in [0.717, 1.165) is 12.1 Å². The first kappa shape index (κ1) is 22.0. The third-order valence-corrected chi connectivity index (χ3v) is 6.80. The average molecular weight is 453 g/mol. The highest BCUT2D eigenvalue weighted by Crippen LogP contribution is 2.36. The first-order valence-electron chi connectivity index (χ1n) is 8.90. The Balaban J connectivity index is 1.68. The predicted octanol–water partition coefficient (Wildman–Crippen LogP) is 3.37. The number of nitrogens with zero attached hydrogens (tertiary/aromatic N) is 4. The summed E-state index contributed by atoms with van der Waals surface area (Å²) in [6, 6.07) is 2.62. The van der Waals surface area contributed by atoms with Crippen LogP contribution in [0.1, 0.15) is 37.0 Å². The zero-order valence-electron chi connectivity index (χ0n) is 15.8. The number of halogens is 4. The molecule has 0 saturated carbocycles. The lowest BCUT2D eigenvalue weighted by molar-refractivity contribution is -0.137. The molecule has 3 rings (SSSR count). The van der Waals surface area contributed by atoms with Gasteiger partial charge in [0.05, 0.1) is 22.0 Å². The summed E-state index contributed by atoms with van der Waals surface area (Å²) in [5.74, 6) is 1.18. The van der Waals surface area contributed by atoms with Gasteiger partial charge in [0.15, 0.2) is 5.82 Å². The molecular formula is C17H20ClF3N4O3S. The largest absolute Gasteiger partial charge is 0.417 e. The van der Waals surface area contributed by atoms with Gasteiger partial charge < -0.3 is 4.52 Å². The molecule has 0 radical (unpaired) electrons. The van der Waals surface area contributed by atoms with E-state index >= 15 is 0 Å². The molecule has 1 aliphatic heterocycles. The van der Waals surface area contributed by atoms with Crippen molar-refractivity contribution in [1.29, 1.82) is 0 Å². The fraction of sp³-hybridized carbons (Fsp3) is 0.529. The van der Waals surface area contributed by atoms with Crippen molar-refractivity contribution in [2.24, 2.45) is 0 Å². The van der Waals surface area contributed by atoms with E-state index in [1.807, 2.05) is 18.7 Å². The Morgan fingerprint density at radius 3 is 2.41 bits per heavy atom. The summed E-state index contributed by atoms with van der Waals surface area (Å²) < 4.78 is 71.1. The van der Waals surface area contributed by atoms with Gasteiger partial charge in [-0.25, -0.2) is 8.42 Å². The van der Waals surface area contributed by atoms with Crippen LogP contribution in [0.4, 0.5) is 13.2 Å². The normalized spacial score (nSPS) is 17.2. The van der Waals surface area contributed by atoms with Crippen molar-refractivity contribution in [1.82, 2.24) is 19.3 Å². The molecule has 29 heavy (non-hydrogen) atoms. The predicted molar refractivity (Wildman–Crippen MR) is 98.9 cm³/mol. The highest BCUT2D eigenvalue weighted by atomic mass is 35.5. The number of rotatable bonds is 5. The van der Waals surface area contributed by atoms with E-state index in [4.69, 9.17) is 16.1 Å². The smallest absolute Gasteiger partial charge is 0.338 e. The molecule has 1 aromatic heterocycles. The van der Waals surface area contributed by atoms with Crippen LogP contribution in [-0.4, -0.2) is 53.9 Å². The minimum Gasteiger partial charge on any atom is -0.338 e. The van der Waals surface area contributed by atoms with E-state index in [1.165, 1.54) is 4.31 Å². The molecule has 0 spiro atoms. The molecular weight excluding hydrogens is 433 g/mol. The molecule has 7 nitrogen and oxygen atoms in total. The second-order valence-corrected chi connectivity index (χ2v) is 9.37. The van der Waals surface area contributed by atoms with E-state index in [9.17, 15) is 21.6 Å². The molecule has 0 bridgehead atoms. The average Bonchev–Trinajstić information content (AvgIpc) is 3.10. The highest BCUT2D eigenvalue weighted by molar-refractivity contribution is 7.89. The Kier molecular flexibility index (Phi) is 6.23. The Morgan fingerprint density at radius 1 is 1.21 bits per heavy atom. The van der Waals surface area contributed by atoms with Crippen molar-refractivity contribution < 1.29 is 26.1 Å². The summed E-state index contributed by atoms with van der Waals surface area (Å²) in [6.45, 7) is 5.32. The zero-order chi connectivity index (χ0) is 21.4. The van der Waals surface area contributed by atoms with E-state index in [0.29, 0.717) is 37.4 Å². The molecule has 2 heterocycles. The molecule has 160 valence electrons. The molecule has 0 unspecified atom stereocenters. The number of piperazine rings is 1. The number of hydrogen-bond donors (Lipinski definition) is 0. The first-order chi connectivity index (χ1) is 13.5. The fourth-order valence-corrected chi connectivity index (χ4v) is 4.59. The van der Waals surface area contributed by atoms with Crippen LogP contribution in [-0.2, 0) is 22.7 Å². The minimum atomic E-state index is -4.74. The molecule has 1 fully saturated rings. The molecule has 1 aromatic carbocycles. The topological polar surface area (TPSA) is 79.5 Å². The van der Waals surface area contributed by atoms with E-state index < -0.39 is 31.7 Å². The van der Waals surface area contributed by atoms with Gasteiger partial charge in [-0.3, -0.25) is 4.90 Å². The van der Waals surface area contributed by atoms with Crippen LogP contribution in [0.3, 0.4) is 0 Å².